The Balaban J connectivity index is 1.28. The molecular weight excluding hydrogens is 382 g/mol. The fourth-order valence-electron chi connectivity index (χ4n) is 3.94. The summed E-state index contributed by atoms with van der Waals surface area (Å²) in [5.41, 5.74) is 4.36. The molecule has 0 spiro atoms. The quantitative estimate of drug-likeness (QED) is 0.503. The molecule has 1 atom stereocenters. The Morgan fingerprint density at radius 3 is 2.83 bits per heavy atom. The van der Waals surface area contributed by atoms with Crippen molar-refractivity contribution < 1.29 is 23.9 Å². The zero-order valence-corrected chi connectivity index (χ0v) is 17.0. The highest BCUT2D eigenvalue weighted by atomic mass is 16.5. The number of carbonyl (C=O) groups is 1. The molecule has 0 radical (unpaired) electrons. The Morgan fingerprint density at radius 1 is 1.17 bits per heavy atom. The van der Waals surface area contributed by atoms with Crippen LogP contribution in [0.25, 0.3) is 11.3 Å². The van der Waals surface area contributed by atoms with Crippen LogP contribution in [-0.4, -0.2) is 29.4 Å². The van der Waals surface area contributed by atoms with E-state index in [4.69, 9.17) is 19.1 Å². The number of hydrogen-bond donors (Lipinski definition) is 1. The first-order valence-corrected chi connectivity index (χ1v) is 10.2. The van der Waals surface area contributed by atoms with Gasteiger partial charge in [0.05, 0.1) is 31.4 Å². The van der Waals surface area contributed by atoms with Crippen LogP contribution in [0, 0.1) is 6.92 Å². The van der Waals surface area contributed by atoms with Crippen LogP contribution in [0.15, 0.2) is 53.2 Å². The summed E-state index contributed by atoms with van der Waals surface area (Å²) in [7, 11) is 0. The SMILES string of the molecule is Cc1ccc(OCCCOc2ccc3c(c2)CC[C@H]3CC(=O)O)c(-c2ccno2)c1. The lowest BCUT2D eigenvalue weighted by Crippen LogP contribution is -2.06. The number of nitrogens with zero attached hydrogens (tertiary/aromatic N) is 1. The maximum Gasteiger partial charge on any atom is 0.303 e. The number of aliphatic carboxylic acids is 1. The average Bonchev–Trinajstić information content (AvgIpc) is 3.39. The van der Waals surface area contributed by atoms with Crippen molar-refractivity contribution >= 4 is 5.97 Å². The summed E-state index contributed by atoms with van der Waals surface area (Å²) in [4.78, 5) is 11.0. The van der Waals surface area contributed by atoms with Crippen LogP contribution in [0.2, 0.25) is 0 Å². The summed E-state index contributed by atoms with van der Waals surface area (Å²) < 4.78 is 17.1. The molecule has 1 aliphatic rings. The van der Waals surface area contributed by atoms with Gasteiger partial charge in [-0.15, -0.1) is 0 Å². The number of carboxylic acids is 1. The molecule has 0 saturated carbocycles. The first-order chi connectivity index (χ1) is 14.6. The fraction of sp³-hybridized carbons (Fsp3) is 0.333. The van der Waals surface area contributed by atoms with Crippen molar-refractivity contribution in [3.05, 3.63) is 65.4 Å². The molecule has 0 fully saturated rings. The van der Waals surface area contributed by atoms with E-state index in [9.17, 15) is 4.79 Å². The Labute approximate surface area is 175 Å². The highest BCUT2D eigenvalue weighted by Gasteiger charge is 2.24. The van der Waals surface area contributed by atoms with E-state index in [1.807, 2.05) is 49.4 Å². The lowest BCUT2D eigenvalue weighted by molar-refractivity contribution is -0.137. The third-order valence-electron chi connectivity index (χ3n) is 5.39. The highest BCUT2D eigenvalue weighted by molar-refractivity contribution is 5.68. The Morgan fingerprint density at radius 2 is 2.03 bits per heavy atom. The van der Waals surface area contributed by atoms with Gasteiger partial charge in [0.2, 0.25) is 0 Å². The molecule has 3 aromatic rings. The van der Waals surface area contributed by atoms with E-state index in [0.29, 0.717) is 19.0 Å². The lowest BCUT2D eigenvalue weighted by atomic mass is 9.98. The number of hydrogen-bond acceptors (Lipinski definition) is 5. The van der Waals surface area contributed by atoms with E-state index in [1.165, 1.54) is 5.56 Å². The zero-order valence-electron chi connectivity index (χ0n) is 17.0. The molecule has 0 saturated heterocycles. The van der Waals surface area contributed by atoms with Crippen molar-refractivity contribution in [2.45, 2.75) is 38.5 Å². The predicted molar refractivity (Wildman–Crippen MR) is 112 cm³/mol. The van der Waals surface area contributed by atoms with Gasteiger partial charge in [-0.05, 0) is 61.1 Å². The molecule has 2 aromatic carbocycles. The van der Waals surface area contributed by atoms with Gasteiger partial charge in [-0.25, -0.2) is 0 Å². The van der Waals surface area contributed by atoms with Crippen LogP contribution >= 0.6 is 0 Å². The number of benzene rings is 2. The standard InChI is InChI=1S/C24H25NO5/c1-16-3-8-22(21(13-16)23-9-10-25-30-23)29-12-2-11-28-19-6-7-20-17(14-19)4-5-18(20)15-24(26)27/h3,6-10,13-14,18H,2,4-5,11-12,15H2,1H3,(H,26,27)/t18-/m0/s1. The number of fused-ring (bicyclic) bond motifs is 1. The highest BCUT2D eigenvalue weighted by Crippen LogP contribution is 2.37. The van der Waals surface area contributed by atoms with E-state index in [1.54, 1.807) is 6.20 Å². The Kier molecular flexibility index (Phi) is 6.02. The van der Waals surface area contributed by atoms with E-state index < -0.39 is 5.97 Å². The fourth-order valence-corrected chi connectivity index (χ4v) is 3.94. The van der Waals surface area contributed by atoms with Gasteiger partial charge in [0.1, 0.15) is 11.5 Å². The van der Waals surface area contributed by atoms with Crippen molar-refractivity contribution in [1.82, 2.24) is 5.16 Å². The molecule has 0 amide bonds. The molecule has 0 bridgehead atoms. The van der Waals surface area contributed by atoms with E-state index >= 15 is 0 Å². The predicted octanol–water partition coefficient (Wildman–Crippen LogP) is 5.00. The number of rotatable bonds is 9. The summed E-state index contributed by atoms with van der Waals surface area (Å²) in [5, 5.41) is 12.8. The second-order valence-corrected chi connectivity index (χ2v) is 7.62. The summed E-state index contributed by atoms with van der Waals surface area (Å²) in [6.45, 7) is 3.09. The molecule has 0 aliphatic heterocycles. The molecule has 1 heterocycles. The van der Waals surface area contributed by atoms with Crippen LogP contribution in [0.5, 0.6) is 11.5 Å². The van der Waals surface area contributed by atoms with Gasteiger partial charge < -0.3 is 19.1 Å². The molecular formula is C24H25NO5. The van der Waals surface area contributed by atoms with Crippen LogP contribution < -0.4 is 9.47 Å². The largest absolute Gasteiger partial charge is 0.493 e. The van der Waals surface area contributed by atoms with Crippen molar-refractivity contribution in [2.24, 2.45) is 0 Å². The normalized spacial score (nSPS) is 15.0. The summed E-state index contributed by atoms with van der Waals surface area (Å²) in [6.07, 6.45) is 4.35. The summed E-state index contributed by atoms with van der Waals surface area (Å²) in [5.74, 6) is 1.65. The van der Waals surface area contributed by atoms with E-state index in [0.717, 1.165) is 47.5 Å². The Hall–Kier alpha value is -3.28. The summed E-state index contributed by atoms with van der Waals surface area (Å²) in [6, 6.07) is 13.8. The number of aromatic nitrogens is 1. The van der Waals surface area contributed by atoms with E-state index in [-0.39, 0.29) is 12.3 Å². The van der Waals surface area contributed by atoms with Gasteiger partial charge in [0.15, 0.2) is 5.76 Å². The molecule has 30 heavy (non-hydrogen) atoms. The van der Waals surface area contributed by atoms with Gasteiger partial charge in [-0.1, -0.05) is 22.9 Å². The zero-order chi connectivity index (χ0) is 20.9. The first kappa shape index (κ1) is 20.0. The minimum absolute atomic E-state index is 0.119. The first-order valence-electron chi connectivity index (χ1n) is 10.2. The van der Waals surface area contributed by atoms with Crippen molar-refractivity contribution in [3.63, 3.8) is 0 Å². The van der Waals surface area contributed by atoms with Gasteiger partial charge in [-0.2, -0.15) is 0 Å². The summed E-state index contributed by atoms with van der Waals surface area (Å²) >= 11 is 0. The molecule has 6 heteroatoms. The molecule has 1 aliphatic carbocycles. The minimum atomic E-state index is -0.742. The van der Waals surface area contributed by atoms with Gasteiger partial charge in [0, 0.05) is 12.5 Å². The van der Waals surface area contributed by atoms with Gasteiger partial charge in [-0.3, -0.25) is 4.79 Å². The van der Waals surface area contributed by atoms with Gasteiger partial charge >= 0.3 is 5.97 Å². The third kappa shape index (κ3) is 4.64. The molecule has 1 N–H and O–H groups in total. The van der Waals surface area contributed by atoms with Crippen LogP contribution in [-0.2, 0) is 11.2 Å². The van der Waals surface area contributed by atoms with Crippen LogP contribution in [0.1, 0.15) is 41.9 Å². The van der Waals surface area contributed by atoms with Crippen LogP contribution in [0.3, 0.4) is 0 Å². The lowest BCUT2D eigenvalue weighted by Gasteiger charge is -2.12. The van der Waals surface area contributed by atoms with Crippen molar-refractivity contribution in [1.29, 1.82) is 0 Å². The monoisotopic (exact) mass is 407 g/mol. The molecule has 4 rings (SSSR count). The average molecular weight is 407 g/mol. The number of aryl methyl sites for hydroxylation is 2. The third-order valence-corrected chi connectivity index (χ3v) is 5.39. The van der Waals surface area contributed by atoms with Crippen LogP contribution in [0.4, 0.5) is 0 Å². The maximum atomic E-state index is 11.0. The van der Waals surface area contributed by atoms with E-state index in [2.05, 4.69) is 5.16 Å². The number of carboxylic acid groups (broad SMARTS) is 1. The maximum absolute atomic E-state index is 11.0. The number of ether oxygens (including phenoxy) is 2. The molecule has 1 aromatic heterocycles. The minimum Gasteiger partial charge on any atom is -0.493 e. The van der Waals surface area contributed by atoms with Crippen molar-refractivity contribution in [3.8, 4) is 22.8 Å². The second kappa shape index (κ2) is 9.03. The Bertz CT molecular complexity index is 1010. The molecule has 156 valence electrons. The molecule has 6 nitrogen and oxygen atoms in total. The molecule has 0 unspecified atom stereocenters. The topological polar surface area (TPSA) is 81.8 Å². The van der Waals surface area contributed by atoms with Crippen molar-refractivity contribution in [2.75, 3.05) is 13.2 Å². The smallest absolute Gasteiger partial charge is 0.303 e. The van der Waals surface area contributed by atoms with Gasteiger partial charge in [0.25, 0.3) is 0 Å². The second-order valence-electron chi connectivity index (χ2n) is 7.62.